The quantitative estimate of drug-likeness (QED) is 0.606. The number of anilines is 1. The molecule has 1 saturated heterocycles. The van der Waals surface area contributed by atoms with Crippen molar-refractivity contribution in [1.29, 1.82) is 0 Å². The molecule has 1 N–H and O–H groups in total. The highest BCUT2D eigenvalue weighted by atomic mass is 32.1. The van der Waals surface area contributed by atoms with E-state index in [0.717, 1.165) is 6.07 Å². The molecule has 27 heavy (non-hydrogen) atoms. The molecule has 1 fully saturated rings. The lowest BCUT2D eigenvalue weighted by atomic mass is 9.82. The molecule has 2 atom stereocenters. The third-order valence-corrected chi connectivity index (χ3v) is 4.94. The molecule has 2 aromatic carbocycles. The summed E-state index contributed by atoms with van der Waals surface area (Å²) in [6.07, 6.45) is -4.87. The molecule has 0 saturated carbocycles. The molecule has 0 aromatic heterocycles. The fourth-order valence-corrected chi connectivity index (χ4v) is 3.37. The van der Waals surface area contributed by atoms with Gasteiger partial charge in [0.25, 0.3) is 0 Å². The van der Waals surface area contributed by atoms with Gasteiger partial charge in [-0.05, 0) is 29.8 Å². The predicted octanol–water partition coefficient (Wildman–Crippen LogP) is 4.55. The second-order valence-electron chi connectivity index (χ2n) is 6.08. The van der Waals surface area contributed by atoms with Crippen LogP contribution in [0.1, 0.15) is 17.2 Å². The van der Waals surface area contributed by atoms with Gasteiger partial charge in [-0.2, -0.15) is 13.2 Å². The topological polar surface area (TPSA) is 32.3 Å². The molecular formula is C18H13F5N2OS. The zero-order chi connectivity index (χ0) is 19.9. The molecular weight excluding hydrogens is 387 g/mol. The Morgan fingerprint density at radius 3 is 2.41 bits per heavy atom. The van der Waals surface area contributed by atoms with Crippen LogP contribution in [0.4, 0.5) is 27.6 Å². The first-order chi connectivity index (χ1) is 12.6. The monoisotopic (exact) mass is 400 g/mol. The fraction of sp³-hybridized carbons (Fsp3) is 0.222. The van der Waals surface area contributed by atoms with Crippen LogP contribution in [0.3, 0.4) is 0 Å². The van der Waals surface area contributed by atoms with Gasteiger partial charge in [0.1, 0.15) is 17.6 Å². The molecule has 3 nitrogen and oxygen atoms in total. The Morgan fingerprint density at radius 1 is 1.11 bits per heavy atom. The summed E-state index contributed by atoms with van der Waals surface area (Å²) in [5.41, 5.74) is -1.39. The van der Waals surface area contributed by atoms with Crippen molar-refractivity contribution < 1.29 is 26.7 Å². The molecule has 1 amide bonds. The summed E-state index contributed by atoms with van der Waals surface area (Å²) in [4.78, 5) is 14.2. The molecule has 9 heteroatoms. The fourth-order valence-electron chi connectivity index (χ4n) is 3.02. The molecule has 0 spiro atoms. The van der Waals surface area contributed by atoms with Crippen LogP contribution in [-0.4, -0.2) is 22.8 Å². The number of nitrogens with one attached hydrogen (secondary N) is 1. The van der Waals surface area contributed by atoms with E-state index < -0.39 is 41.2 Å². The molecule has 1 heterocycles. The van der Waals surface area contributed by atoms with Crippen LogP contribution >= 0.6 is 12.2 Å². The molecule has 0 aliphatic carbocycles. The van der Waals surface area contributed by atoms with Gasteiger partial charge in [-0.25, -0.2) is 8.78 Å². The highest BCUT2D eigenvalue weighted by Gasteiger charge is 2.48. The highest BCUT2D eigenvalue weighted by Crippen LogP contribution is 2.42. The molecule has 2 unspecified atom stereocenters. The number of carbonyl (C=O) groups excluding carboxylic acids is 1. The van der Waals surface area contributed by atoms with E-state index >= 15 is 0 Å². The van der Waals surface area contributed by atoms with Crippen LogP contribution in [0.5, 0.6) is 0 Å². The summed E-state index contributed by atoms with van der Waals surface area (Å²) >= 11 is 5.14. The van der Waals surface area contributed by atoms with Crippen molar-refractivity contribution in [3.05, 3.63) is 65.2 Å². The van der Waals surface area contributed by atoms with Crippen molar-refractivity contribution in [2.45, 2.75) is 12.2 Å². The van der Waals surface area contributed by atoms with E-state index in [9.17, 15) is 26.7 Å². The normalized spacial score (nSPS) is 19.6. The minimum atomic E-state index is -4.87. The van der Waals surface area contributed by atoms with E-state index in [-0.39, 0.29) is 16.2 Å². The smallest absolute Gasteiger partial charge is 0.360 e. The minimum absolute atomic E-state index is 0.0614. The first-order valence-electron chi connectivity index (χ1n) is 7.80. The van der Waals surface area contributed by atoms with Crippen molar-refractivity contribution in [3.8, 4) is 0 Å². The molecule has 1 aliphatic heterocycles. The van der Waals surface area contributed by atoms with E-state index in [1.807, 2.05) is 0 Å². The Balaban J connectivity index is 1.90. The van der Waals surface area contributed by atoms with E-state index in [1.54, 1.807) is 0 Å². The lowest BCUT2D eigenvalue weighted by molar-refractivity contribution is -0.140. The molecule has 142 valence electrons. The van der Waals surface area contributed by atoms with Crippen molar-refractivity contribution in [2.75, 3.05) is 12.4 Å². The van der Waals surface area contributed by atoms with Gasteiger partial charge in [0.05, 0.1) is 22.3 Å². The number of carbonyl (C=O) groups is 1. The maximum Gasteiger partial charge on any atom is 0.419 e. The van der Waals surface area contributed by atoms with E-state index in [0.29, 0.717) is 12.1 Å². The Kier molecular flexibility index (Phi) is 4.90. The van der Waals surface area contributed by atoms with Gasteiger partial charge in [-0.3, -0.25) is 4.79 Å². The van der Waals surface area contributed by atoms with Crippen LogP contribution < -0.4 is 5.32 Å². The van der Waals surface area contributed by atoms with E-state index in [1.165, 1.54) is 36.2 Å². The SMILES string of the molecule is CN1C(=S)C(C(=O)Nc2ccccc2F)C1c1ccc(F)c(C(F)(F)F)c1. The Labute approximate surface area is 156 Å². The molecule has 0 bridgehead atoms. The number of halogens is 5. The number of benzene rings is 2. The largest absolute Gasteiger partial charge is 0.419 e. The van der Waals surface area contributed by atoms with Gasteiger partial charge >= 0.3 is 6.18 Å². The number of nitrogens with zero attached hydrogens (tertiary/aromatic N) is 1. The Bertz CT molecular complexity index is 915. The van der Waals surface area contributed by atoms with Crippen molar-refractivity contribution in [3.63, 3.8) is 0 Å². The van der Waals surface area contributed by atoms with Crippen LogP contribution in [0.25, 0.3) is 0 Å². The maximum atomic E-state index is 13.7. The third kappa shape index (κ3) is 3.51. The van der Waals surface area contributed by atoms with Crippen LogP contribution in [0, 0.1) is 17.6 Å². The zero-order valence-electron chi connectivity index (χ0n) is 13.8. The summed E-state index contributed by atoms with van der Waals surface area (Å²) in [5, 5.41) is 2.39. The summed E-state index contributed by atoms with van der Waals surface area (Å²) in [5.74, 6) is -3.67. The van der Waals surface area contributed by atoms with Crippen molar-refractivity contribution >= 4 is 28.8 Å². The lowest BCUT2D eigenvalue weighted by Crippen LogP contribution is -2.56. The number of alkyl halides is 3. The van der Waals surface area contributed by atoms with Crippen LogP contribution in [-0.2, 0) is 11.0 Å². The number of hydrogen-bond donors (Lipinski definition) is 1. The number of para-hydroxylation sites is 1. The van der Waals surface area contributed by atoms with Crippen LogP contribution in [0.15, 0.2) is 42.5 Å². The third-order valence-electron chi connectivity index (χ3n) is 4.40. The molecule has 0 radical (unpaired) electrons. The zero-order valence-corrected chi connectivity index (χ0v) is 14.7. The Morgan fingerprint density at radius 2 is 1.78 bits per heavy atom. The molecule has 3 rings (SSSR count). The molecule has 1 aliphatic rings. The number of amides is 1. The standard InChI is InChI=1S/C18H13F5N2OS/c1-25-15(9-6-7-11(19)10(8-9)18(21,22)23)14(17(25)27)16(26)24-13-5-3-2-4-12(13)20/h2-8,14-15H,1H3,(H,24,26). The summed E-state index contributed by atoms with van der Waals surface area (Å²) < 4.78 is 66.2. The first kappa shape index (κ1) is 19.2. The minimum Gasteiger partial charge on any atom is -0.360 e. The lowest BCUT2D eigenvalue weighted by Gasteiger charge is -2.47. The van der Waals surface area contributed by atoms with Gasteiger partial charge in [-0.1, -0.05) is 30.4 Å². The van der Waals surface area contributed by atoms with Crippen LogP contribution in [0.2, 0.25) is 0 Å². The second-order valence-corrected chi connectivity index (χ2v) is 6.50. The van der Waals surface area contributed by atoms with Gasteiger partial charge in [0, 0.05) is 7.05 Å². The number of rotatable bonds is 3. The van der Waals surface area contributed by atoms with Gasteiger partial charge < -0.3 is 10.2 Å². The van der Waals surface area contributed by atoms with E-state index in [2.05, 4.69) is 5.32 Å². The van der Waals surface area contributed by atoms with Gasteiger partial charge in [0.15, 0.2) is 0 Å². The van der Waals surface area contributed by atoms with Crippen molar-refractivity contribution in [2.24, 2.45) is 5.92 Å². The number of hydrogen-bond acceptors (Lipinski definition) is 2. The maximum absolute atomic E-state index is 13.7. The number of thiocarbonyl (C=S) groups is 1. The summed E-state index contributed by atoms with van der Waals surface area (Å²) in [6.45, 7) is 0. The highest BCUT2D eigenvalue weighted by molar-refractivity contribution is 7.80. The number of likely N-dealkylation sites (tertiary alicyclic amines) is 1. The average molecular weight is 400 g/mol. The first-order valence-corrected chi connectivity index (χ1v) is 8.21. The predicted molar refractivity (Wildman–Crippen MR) is 93.0 cm³/mol. The van der Waals surface area contributed by atoms with E-state index in [4.69, 9.17) is 12.2 Å². The molecule has 2 aromatic rings. The summed E-state index contributed by atoms with van der Waals surface area (Å²) in [7, 11) is 1.52. The van der Waals surface area contributed by atoms with Gasteiger partial charge in [-0.15, -0.1) is 0 Å². The Hall–Kier alpha value is -2.55. The van der Waals surface area contributed by atoms with Crippen molar-refractivity contribution in [1.82, 2.24) is 4.90 Å². The second kappa shape index (κ2) is 6.88. The average Bonchev–Trinajstić information content (AvgIpc) is 2.60. The summed E-state index contributed by atoms with van der Waals surface area (Å²) in [6, 6.07) is 7.23. The van der Waals surface area contributed by atoms with Gasteiger partial charge in [0.2, 0.25) is 5.91 Å².